The van der Waals surface area contributed by atoms with Crippen molar-refractivity contribution in [3.63, 3.8) is 0 Å². The zero-order chi connectivity index (χ0) is 23.0. The number of carboxylic acids is 1. The van der Waals surface area contributed by atoms with Crippen molar-refractivity contribution >= 4 is 46.4 Å². The Morgan fingerprint density at radius 2 is 1.81 bits per heavy atom. The number of hydrogen-bond donors (Lipinski definition) is 6. The van der Waals surface area contributed by atoms with Crippen LogP contribution in [0.1, 0.15) is 18.4 Å². The van der Waals surface area contributed by atoms with Crippen LogP contribution in [0.3, 0.4) is 0 Å². The zero-order valence-electron chi connectivity index (χ0n) is 17.1. The lowest BCUT2D eigenvalue weighted by molar-refractivity contribution is -0.142. The lowest BCUT2D eigenvalue weighted by Crippen LogP contribution is -2.55. The first-order valence-electron chi connectivity index (χ1n) is 9.64. The van der Waals surface area contributed by atoms with Crippen LogP contribution in [0, 0.1) is 0 Å². The first kappa shape index (κ1) is 24.2. The van der Waals surface area contributed by atoms with E-state index < -0.39 is 48.2 Å². The maximum absolute atomic E-state index is 12.6. The molecule has 3 atom stereocenters. The van der Waals surface area contributed by atoms with Crippen LogP contribution >= 0.6 is 11.8 Å². The van der Waals surface area contributed by atoms with E-state index in [9.17, 15) is 24.3 Å². The highest BCUT2D eigenvalue weighted by atomic mass is 32.2. The molecule has 10 nitrogen and oxygen atoms in total. The number of nitrogens with one attached hydrogen (secondary N) is 3. The van der Waals surface area contributed by atoms with Crippen molar-refractivity contribution in [1.82, 2.24) is 15.6 Å². The number of hydrogen-bond acceptors (Lipinski definition) is 6. The number of thioether (sulfide) groups is 1. The standard InChI is InChI=1S/C20H27N5O5S/c1-31-7-6-15(20(29)30)24-19(28)16(9-17(22)26)25-18(27)13(21)8-11-10-23-14-5-3-2-4-12(11)14/h2-5,10,13,15-16,23H,6-9,21H2,1H3,(H2,22,26)(H,24,28)(H,25,27)(H,29,30)/t13-,15-,16-/m0/s1. The molecule has 2 rings (SSSR count). The van der Waals surface area contributed by atoms with E-state index in [2.05, 4.69) is 15.6 Å². The number of aromatic nitrogens is 1. The summed E-state index contributed by atoms with van der Waals surface area (Å²) in [5.41, 5.74) is 13.0. The summed E-state index contributed by atoms with van der Waals surface area (Å²) in [5.74, 6) is -2.97. The number of benzene rings is 1. The number of nitrogens with two attached hydrogens (primary N) is 2. The molecule has 1 aromatic heterocycles. The lowest BCUT2D eigenvalue weighted by atomic mass is 10.0. The van der Waals surface area contributed by atoms with Gasteiger partial charge in [-0.15, -0.1) is 0 Å². The maximum atomic E-state index is 12.6. The monoisotopic (exact) mass is 449 g/mol. The average Bonchev–Trinajstić information content (AvgIpc) is 3.12. The van der Waals surface area contributed by atoms with Crippen molar-refractivity contribution < 1.29 is 24.3 Å². The number of H-pyrrole nitrogens is 1. The van der Waals surface area contributed by atoms with Crippen LogP contribution in [0.2, 0.25) is 0 Å². The van der Waals surface area contributed by atoms with Crippen molar-refractivity contribution in [2.75, 3.05) is 12.0 Å². The van der Waals surface area contributed by atoms with Gasteiger partial charge in [-0.05, 0) is 36.5 Å². The van der Waals surface area contributed by atoms with Crippen LogP contribution in [0.15, 0.2) is 30.5 Å². The van der Waals surface area contributed by atoms with Gasteiger partial charge in [0.15, 0.2) is 0 Å². The Morgan fingerprint density at radius 3 is 2.45 bits per heavy atom. The molecular formula is C20H27N5O5S. The summed E-state index contributed by atoms with van der Waals surface area (Å²) in [7, 11) is 0. The number of carboxylic acid groups (broad SMARTS) is 1. The van der Waals surface area contributed by atoms with Crippen molar-refractivity contribution in [3.8, 4) is 0 Å². The molecule has 0 aliphatic rings. The molecule has 0 fully saturated rings. The third kappa shape index (κ3) is 7.00. The summed E-state index contributed by atoms with van der Waals surface area (Å²) >= 11 is 1.43. The SMILES string of the molecule is CSCC[C@H](NC(=O)[C@H](CC(N)=O)NC(=O)[C@@H](N)Cc1c[nH]c2ccccc12)C(=O)O. The molecule has 0 unspecified atom stereocenters. The third-order valence-corrected chi connectivity index (χ3v) is 5.36. The Balaban J connectivity index is 2.05. The number of para-hydroxylation sites is 1. The van der Waals surface area contributed by atoms with Crippen molar-refractivity contribution in [2.24, 2.45) is 11.5 Å². The molecule has 8 N–H and O–H groups in total. The Morgan fingerprint density at radius 1 is 1.13 bits per heavy atom. The van der Waals surface area contributed by atoms with Crippen LogP contribution in [0.4, 0.5) is 0 Å². The molecule has 0 saturated heterocycles. The molecule has 0 aliphatic heterocycles. The first-order valence-corrected chi connectivity index (χ1v) is 11.0. The summed E-state index contributed by atoms with van der Waals surface area (Å²) in [6, 6.07) is 4.08. The number of carbonyl (C=O) groups excluding carboxylic acids is 3. The van der Waals surface area contributed by atoms with Gasteiger partial charge in [0.05, 0.1) is 12.5 Å². The van der Waals surface area contributed by atoms with Gasteiger partial charge in [0.25, 0.3) is 0 Å². The highest BCUT2D eigenvalue weighted by Crippen LogP contribution is 2.18. The fourth-order valence-corrected chi connectivity index (χ4v) is 3.56. The molecule has 0 saturated carbocycles. The fraction of sp³-hybridized carbons (Fsp3) is 0.400. The number of aliphatic carboxylic acids is 1. The second-order valence-electron chi connectivity index (χ2n) is 7.08. The zero-order valence-corrected chi connectivity index (χ0v) is 17.9. The van der Waals surface area contributed by atoms with Crippen LogP contribution in [-0.4, -0.2) is 63.9 Å². The third-order valence-electron chi connectivity index (χ3n) is 4.72. The molecule has 3 amide bonds. The minimum Gasteiger partial charge on any atom is -0.480 e. The van der Waals surface area contributed by atoms with Gasteiger partial charge in [0.1, 0.15) is 12.1 Å². The number of amides is 3. The maximum Gasteiger partial charge on any atom is 0.326 e. The second kappa shape index (κ2) is 11.4. The largest absolute Gasteiger partial charge is 0.480 e. The molecule has 1 aromatic carbocycles. The minimum atomic E-state index is -1.32. The highest BCUT2D eigenvalue weighted by molar-refractivity contribution is 7.98. The minimum absolute atomic E-state index is 0.194. The van der Waals surface area contributed by atoms with Gasteiger partial charge in [0.2, 0.25) is 17.7 Å². The lowest BCUT2D eigenvalue weighted by Gasteiger charge is -2.22. The van der Waals surface area contributed by atoms with E-state index in [0.29, 0.717) is 5.75 Å². The van der Waals surface area contributed by atoms with Gasteiger partial charge < -0.3 is 32.2 Å². The van der Waals surface area contributed by atoms with Crippen LogP contribution in [-0.2, 0) is 25.6 Å². The Bertz CT molecular complexity index is 947. The average molecular weight is 450 g/mol. The van der Waals surface area contributed by atoms with Crippen LogP contribution < -0.4 is 22.1 Å². The Hall–Kier alpha value is -3.05. The topological polar surface area (TPSA) is 180 Å². The normalized spacial score (nSPS) is 13.9. The molecule has 0 spiro atoms. The first-order chi connectivity index (χ1) is 14.7. The van der Waals surface area contributed by atoms with E-state index in [4.69, 9.17) is 11.5 Å². The van der Waals surface area contributed by atoms with E-state index in [0.717, 1.165) is 16.5 Å². The molecule has 0 radical (unpaired) electrons. The summed E-state index contributed by atoms with van der Waals surface area (Å²) < 4.78 is 0. The van der Waals surface area contributed by atoms with E-state index in [1.807, 2.05) is 30.5 Å². The number of aromatic amines is 1. The van der Waals surface area contributed by atoms with E-state index in [1.165, 1.54) is 11.8 Å². The summed E-state index contributed by atoms with van der Waals surface area (Å²) in [6.45, 7) is 0. The Kier molecular flexibility index (Phi) is 8.88. The van der Waals surface area contributed by atoms with Crippen LogP contribution in [0.5, 0.6) is 0 Å². The van der Waals surface area contributed by atoms with Crippen molar-refractivity contribution in [2.45, 2.75) is 37.4 Å². The second-order valence-corrected chi connectivity index (χ2v) is 8.07. The van der Waals surface area contributed by atoms with Crippen LogP contribution in [0.25, 0.3) is 10.9 Å². The molecule has 1 heterocycles. The predicted octanol–water partition coefficient (Wildman–Crippen LogP) is -0.280. The molecule has 2 aromatic rings. The number of primary amides is 1. The van der Waals surface area contributed by atoms with Gasteiger partial charge in [-0.2, -0.15) is 11.8 Å². The molecular weight excluding hydrogens is 422 g/mol. The van der Waals surface area contributed by atoms with Gasteiger partial charge >= 0.3 is 5.97 Å². The quantitative estimate of drug-likeness (QED) is 0.258. The number of rotatable bonds is 12. The van der Waals surface area contributed by atoms with Gasteiger partial charge in [-0.25, -0.2) is 4.79 Å². The predicted molar refractivity (Wildman–Crippen MR) is 118 cm³/mol. The van der Waals surface area contributed by atoms with Gasteiger partial charge in [0, 0.05) is 17.1 Å². The number of carbonyl (C=O) groups is 4. The summed E-state index contributed by atoms with van der Waals surface area (Å²) in [4.78, 5) is 51.0. The van der Waals surface area contributed by atoms with E-state index in [1.54, 1.807) is 6.20 Å². The van der Waals surface area contributed by atoms with Crippen molar-refractivity contribution in [1.29, 1.82) is 0 Å². The van der Waals surface area contributed by atoms with Gasteiger partial charge in [-0.1, -0.05) is 18.2 Å². The molecule has 0 aliphatic carbocycles. The fourth-order valence-electron chi connectivity index (χ4n) is 3.08. The summed E-state index contributed by atoms with van der Waals surface area (Å²) in [5, 5.41) is 15.0. The van der Waals surface area contributed by atoms with E-state index in [-0.39, 0.29) is 12.8 Å². The molecule has 168 valence electrons. The molecule has 11 heteroatoms. The Labute approximate surface area is 183 Å². The smallest absolute Gasteiger partial charge is 0.326 e. The van der Waals surface area contributed by atoms with Gasteiger partial charge in [-0.3, -0.25) is 14.4 Å². The molecule has 0 bridgehead atoms. The van der Waals surface area contributed by atoms with Crippen molar-refractivity contribution in [3.05, 3.63) is 36.0 Å². The highest BCUT2D eigenvalue weighted by Gasteiger charge is 2.29. The molecule has 31 heavy (non-hydrogen) atoms. The van der Waals surface area contributed by atoms with E-state index >= 15 is 0 Å². The number of fused-ring (bicyclic) bond motifs is 1. The summed E-state index contributed by atoms with van der Waals surface area (Å²) in [6.07, 6.45) is 3.48.